The lowest BCUT2D eigenvalue weighted by Gasteiger charge is -2.39. The summed E-state index contributed by atoms with van der Waals surface area (Å²) in [5.74, 6) is 0.758. The van der Waals surface area contributed by atoms with Crippen LogP contribution in [0.4, 0.5) is 0 Å². The van der Waals surface area contributed by atoms with Gasteiger partial charge in [-0.15, -0.1) is 0 Å². The quantitative estimate of drug-likeness (QED) is 0.0210. The topological polar surface area (TPSA) is 91.6 Å². The van der Waals surface area contributed by atoms with Crippen LogP contribution in [0.25, 0.3) is 0 Å². The summed E-state index contributed by atoms with van der Waals surface area (Å²) in [6.45, 7) is 9.49. The van der Waals surface area contributed by atoms with Crippen LogP contribution in [0.3, 0.4) is 0 Å². The van der Waals surface area contributed by atoms with E-state index in [0.717, 1.165) is 102 Å². The van der Waals surface area contributed by atoms with E-state index in [4.69, 9.17) is 4.99 Å². The Morgan fingerprint density at radius 3 is 1.10 bits per heavy atom. The molecule has 1 heterocycles. The number of rotatable bonds is 49. The van der Waals surface area contributed by atoms with Gasteiger partial charge in [-0.05, 0) is 109 Å². The van der Waals surface area contributed by atoms with Gasteiger partial charge < -0.3 is 20.6 Å². The SMILES string of the molecule is CCCCC/C=C\C=C/CCCCCCCCC(O)CN(CC(O)CCCCCCC/C=C\C/C=C\CCCCC)N(CC(O)CCCCCCC/C=C\C/C=C\CCCCC)C1=NCCN1. The van der Waals surface area contributed by atoms with Gasteiger partial charge in [0, 0.05) is 19.6 Å². The van der Waals surface area contributed by atoms with E-state index in [1.54, 1.807) is 0 Å². The van der Waals surface area contributed by atoms with Crippen LogP contribution in [0.2, 0.25) is 0 Å². The Bertz CT molecular complexity index is 1260. The maximum absolute atomic E-state index is 11.4. The molecule has 1 aliphatic rings. The molecule has 0 radical (unpaired) electrons. The van der Waals surface area contributed by atoms with Crippen molar-refractivity contribution in [2.75, 3.05) is 32.7 Å². The Kier molecular flexibility index (Phi) is 46.6. The summed E-state index contributed by atoms with van der Waals surface area (Å²) in [7, 11) is 0. The maximum atomic E-state index is 11.4. The normalized spacial score (nSPS) is 14.9. The second kappa shape index (κ2) is 50.0. The molecule has 1 rings (SSSR count). The first kappa shape index (κ1) is 62.6. The molecule has 0 saturated carbocycles. The van der Waals surface area contributed by atoms with Gasteiger partial charge in [-0.3, -0.25) is 10.0 Å². The Balaban J connectivity index is 2.60. The average molecular weight is 936 g/mol. The highest BCUT2D eigenvalue weighted by molar-refractivity contribution is 5.81. The Hall–Kier alpha value is -2.45. The van der Waals surface area contributed by atoms with Crippen molar-refractivity contribution in [3.05, 3.63) is 72.9 Å². The maximum Gasteiger partial charge on any atom is 0.209 e. The van der Waals surface area contributed by atoms with Crippen molar-refractivity contribution in [2.45, 2.75) is 270 Å². The van der Waals surface area contributed by atoms with Gasteiger partial charge in [0.05, 0.1) is 31.4 Å². The van der Waals surface area contributed by atoms with E-state index in [0.29, 0.717) is 26.2 Å². The van der Waals surface area contributed by atoms with Gasteiger partial charge in [0.2, 0.25) is 5.96 Å². The fourth-order valence-electron chi connectivity index (χ4n) is 8.72. The van der Waals surface area contributed by atoms with E-state index in [-0.39, 0.29) is 0 Å². The molecule has 3 unspecified atom stereocenters. The smallest absolute Gasteiger partial charge is 0.209 e. The molecule has 0 bridgehead atoms. The summed E-state index contributed by atoms with van der Waals surface area (Å²) in [4.78, 5) is 4.78. The van der Waals surface area contributed by atoms with Crippen LogP contribution in [0.5, 0.6) is 0 Å². The van der Waals surface area contributed by atoms with Gasteiger partial charge in [0.25, 0.3) is 0 Å². The first-order chi connectivity index (χ1) is 33.0. The van der Waals surface area contributed by atoms with E-state index in [1.807, 2.05) is 0 Å². The predicted octanol–water partition coefficient (Wildman–Crippen LogP) is 16.0. The third-order valence-electron chi connectivity index (χ3n) is 13.0. The highest BCUT2D eigenvalue weighted by atomic mass is 16.3. The second-order valence-corrected chi connectivity index (χ2v) is 19.6. The molecule has 0 saturated heterocycles. The van der Waals surface area contributed by atoms with Crippen LogP contribution in [-0.2, 0) is 0 Å². The van der Waals surface area contributed by atoms with Crippen LogP contribution >= 0.6 is 0 Å². The lowest BCUT2D eigenvalue weighted by molar-refractivity contribution is -0.0541. The third kappa shape index (κ3) is 42.2. The number of guanidine groups is 1. The molecule has 7 heteroatoms. The van der Waals surface area contributed by atoms with Crippen molar-refractivity contribution >= 4 is 5.96 Å². The number of hydrazine groups is 1. The number of unbranched alkanes of at least 4 members (excludes halogenated alkanes) is 25. The van der Waals surface area contributed by atoms with Gasteiger partial charge in [-0.25, -0.2) is 5.01 Å². The molecular weight excluding hydrogens is 825 g/mol. The molecule has 0 aliphatic carbocycles. The van der Waals surface area contributed by atoms with E-state index in [2.05, 4.69) is 109 Å². The van der Waals surface area contributed by atoms with Crippen LogP contribution in [0.1, 0.15) is 252 Å². The lowest BCUT2D eigenvalue weighted by atomic mass is 10.0. The minimum absolute atomic E-state index is 0.414. The van der Waals surface area contributed by atoms with E-state index >= 15 is 0 Å². The summed E-state index contributed by atoms with van der Waals surface area (Å²) in [6.07, 6.45) is 67.8. The number of aliphatic hydroxyl groups excluding tert-OH is 3. The van der Waals surface area contributed by atoms with Crippen LogP contribution in [0, 0.1) is 0 Å². The van der Waals surface area contributed by atoms with Crippen molar-refractivity contribution in [2.24, 2.45) is 4.99 Å². The summed E-state index contributed by atoms with van der Waals surface area (Å²) in [5, 5.41) is 41.9. The fourth-order valence-corrected chi connectivity index (χ4v) is 8.72. The van der Waals surface area contributed by atoms with E-state index < -0.39 is 18.3 Å². The number of hydrogen-bond acceptors (Lipinski definition) is 7. The molecule has 0 aromatic rings. The molecule has 0 fully saturated rings. The van der Waals surface area contributed by atoms with Gasteiger partial charge in [0.15, 0.2) is 0 Å². The summed E-state index contributed by atoms with van der Waals surface area (Å²) in [5.41, 5.74) is 0. The molecule has 0 spiro atoms. The minimum Gasteiger partial charge on any atom is -0.392 e. The van der Waals surface area contributed by atoms with Crippen molar-refractivity contribution in [1.82, 2.24) is 15.3 Å². The monoisotopic (exact) mass is 935 g/mol. The molecule has 0 aromatic carbocycles. The summed E-state index contributed by atoms with van der Waals surface area (Å²) in [6, 6.07) is 0. The number of aliphatic imine (C=N–C) groups is 1. The Labute approximate surface area is 415 Å². The minimum atomic E-state index is -0.510. The number of allylic oxidation sites excluding steroid dienone is 12. The zero-order valence-electron chi connectivity index (χ0n) is 44.3. The molecule has 0 aromatic heterocycles. The van der Waals surface area contributed by atoms with Gasteiger partial charge in [-0.1, -0.05) is 216 Å². The summed E-state index contributed by atoms with van der Waals surface area (Å²) < 4.78 is 0. The van der Waals surface area contributed by atoms with Crippen LogP contribution in [-0.4, -0.2) is 82.3 Å². The average Bonchev–Trinajstić information content (AvgIpc) is 3.87. The lowest BCUT2D eigenvalue weighted by Crippen LogP contribution is -2.56. The second-order valence-electron chi connectivity index (χ2n) is 19.6. The number of aliphatic hydroxyl groups is 3. The van der Waals surface area contributed by atoms with Gasteiger partial charge >= 0.3 is 0 Å². The van der Waals surface area contributed by atoms with Gasteiger partial charge in [0.1, 0.15) is 0 Å². The van der Waals surface area contributed by atoms with E-state index in [1.165, 1.54) is 141 Å². The molecular formula is C60H110N4O3. The Morgan fingerprint density at radius 1 is 0.418 bits per heavy atom. The van der Waals surface area contributed by atoms with Crippen molar-refractivity contribution in [3.63, 3.8) is 0 Å². The molecule has 388 valence electrons. The Morgan fingerprint density at radius 2 is 0.746 bits per heavy atom. The number of hydrogen-bond donors (Lipinski definition) is 4. The molecule has 1 aliphatic heterocycles. The van der Waals surface area contributed by atoms with Crippen molar-refractivity contribution < 1.29 is 15.3 Å². The van der Waals surface area contributed by atoms with Gasteiger partial charge in [-0.2, -0.15) is 0 Å². The van der Waals surface area contributed by atoms with Crippen molar-refractivity contribution in [3.8, 4) is 0 Å². The number of nitrogens with zero attached hydrogens (tertiary/aromatic N) is 3. The fraction of sp³-hybridized carbons (Fsp3) is 0.783. The first-order valence-electron chi connectivity index (χ1n) is 28.8. The zero-order chi connectivity index (χ0) is 48.4. The largest absolute Gasteiger partial charge is 0.392 e. The predicted molar refractivity (Wildman–Crippen MR) is 295 cm³/mol. The first-order valence-corrected chi connectivity index (χ1v) is 28.8. The van der Waals surface area contributed by atoms with E-state index in [9.17, 15) is 15.3 Å². The highest BCUT2D eigenvalue weighted by Crippen LogP contribution is 2.17. The van der Waals surface area contributed by atoms with Crippen LogP contribution < -0.4 is 5.32 Å². The highest BCUT2D eigenvalue weighted by Gasteiger charge is 2.28. The van der Waals surface area contributed by atoms with Crippen LogP contribution in [0.15, 0.2) is 77.9 Å². The standard InChI is InChI=1S/C60H110N4O3/c1-4-7-10-13-16-19-22-25-28-31-34-37-40-43-46-49-57(65)54-63(55-58(66)50-47-44-41-38-35-32-29-26-23-20-17-14-11-8-5-2)64(60-61-52-53-62-60)56-59(67)51-48-45-42-39-36-33-30-27-24-21-18-15-12-9-6-3/h16-22,25-27,29-30,57-59,65-67H,4-15,23-24,28,31-56H2,1-3H3,(H,61,62)/b19-16-,20-17-,21-18-,25-22-,29-26-,30-27-. The third-order valence-corrected chi connectivity index (χ3v) is 13.0. The molecule has 3 atom stereocenters. The molecule has 7 nitrogen and oxygen atoms in total. The molecule has 4 N–H and O–H groups in total. The number of nitrogens with one attached hydrogen (secondary N) is 1. The molecule has 0 amide bonds. The molecule has 67 heavy (non-hydrogen) atoms. The van der Waals surface area contributed by atoms with Crippen molar-refractivity contribution in [1.29, 1.82) is 0 Å². The zero-order valence-corrected chi connectivity index (χ0v) is 44.3. The summed E-state index contributed by atoms with van der Waals surface area (Å²) >= 11 is 0.